The number of methoxy groups -OCH3 is 2. The second-order valence-electron chi connectivity index (χ2n) is 9.12. The number of nitrogens with zero attached hydrogens (tertiary/aromatic N) is 1. The molecule has 10 nitrogen and oxygen atoms in total. The molecule has 1 aliphatic heterocycles. The summed E-state index contributed by atoms with van der Waals surface area (Å²) >= 11 is 2.46. The minimum atomic E-state index is -0.664. The zero-order valence-electron chi connectivity index (χ0n) is 24.0. The first-order valence-electron chi connectivity index (χ1n) is 13.3. The molecule has 1 atom stereocenters. The average molecular weight is 613 g/mol. The van der Waals surface area contributed by atoms with Crippen LogP contribution in [0, 0.1) is 6.92 Å². The fraction of sp³-hybridized carbons (Fsp3) is 0.333. The minimum absolute atomic E-state index is 0.0879. The summed E-state index contributed by atoms with van der Waals surface area (Å²) in [5.41, 5.74) is 1.93. The lowest BCUT2D eigenvalue weighted by molar-refractivity contribution is -0.121. The predicted octanol–water partition coefficient (Wildman–Crippen LogP) is 5.64. The first-order valence-corrected chi connectivity index (χ1v) is 15.0. The van der Waals surface area contributed by atoms with Crippen LogP contribution in [0.15, 0.2) is 47.4 Å². The number of esters is 2. The first kappa shape index (κ1) is 30.9. The van der Waals surface area contributed by atoms with Gasteiger partial charge in [-0.15, -0.1) is 23.1 Å². The number of carbonyl (C=O) groups is 4. The Bertz CT molecular complexity index is 1500. The van der Waals surface area contributed by atoms with Gasteiger partial charge in [-0.3, -0.25) is 9.59 Å². The number of fused-ring (bicyclic) bond motifs is 1. The minimum Gasteiger partial charge on any atom is -0.493 e. The fourth-order valence-corrected chi connectivity index (χ4v) is 6.92. The summed E-state index contributed by atoms with van der Waals surface area (Å²) in [6, 6.07) is 12.9. The molecule has 4 rings (SSSR count). The van der Waals surface area contributed by atoms with Gasteiger partial charge in [0.2, 0.25) is 11.8 Å². The third-order valence-corrected chi connectivity index (χ3v) is 9.02. The van der Waals surface area contributed by atoms with E-state index >= 15 is 0 Å². The van der Waals surface area contributed by atoms with Crippen LogP contribution in [0.4, 0.5) is 10.7 Å². The smallest absolute Gasteiger partial charge is 0.348 e. The standard InChI is InChI=1S/C30H32N2O8S2/c1-6-39-29(35)26-17(3)27(30(36)40-7-2)42-28(26)31-24(33)16-32-19-10-8-9-11-22(19)41-23(15-25(32)34)18-12-13-20(37-4)21(14-18)38-5/h8-14,23H,6-7,15-16H2,1-5H3,(H,31,33). The van der Waals surface area contributed by atoms with Crippen molar-refractivity contribution in [3.8, 4) is 11.5 Å². The van der Waals surface area contributed by atoms with Gasteiger partial charge in [-0.2, -0.15) is 0 Å². The number of thiophene rings is 1. The van der Waals surface area contributed by atoms with Crippen LogP contribution >= 0.6 is 23.1 Å². The maximum Gasteiger partial charge on any atom is 0.348 e. The molecule has 1 aliphatic rings. The van der Waals surface area contributed by atoms with Crippen molar-refractivity contribution in [3.63, 3.8) is 0 Å². The van der Waals surface area contributed by atoms with Crippen molar-refractivity contribution in [2.45, 2.75) is 37.3 Å². The Balaban J connectivity index is 1.62. The van der Waals surface area contributed by atoms with Gasteiger partial charge in [0.25, 0.3) is 0 Å². The molecule has 0 saturated heterocycles. The van der Waals surface area contributed by atoms with E-state index in [4.69, 9.17) is 18.9 Å². The van der Waals surface area contributed by atoms with Crippen molar-refractivity contribution >= 4 is 57.5 Å². The Labute approximate surface area is 252 Å². The number of carbonyl (C=O) groups excluding carboxylic acids is 4. The van der Waals surface area contributed by atoms with Crippen molar-refractivity contribution in [1.82, 2.24) is 0 Å². The van der Waals surface area contributed by atoms with Crippen LogP contribution in [-0.2, 0) is 19.1 Å². The first-order chi connectivity index (χ1) is 20.2. The molecule has 222 valence electrons. The summed E-state index contributed by atoms with van der Waals surface area (Å²) in [5, 5.41) is 2.66. The highest BCUT2D eigenvalue weighted by Crippen LogP contribution is 2.47. The number of ether oxygens (including phenoxy) is 4. The molecule has 0 saturated carbocycles. The van der Waals surface area contributed by atoms with Crippen LogP contribution in [0.2, 0.25) is 0 Å². The number of thioether (sulfide) groups is 1. The van der Waals surface area contributed by atoms with E-state index in [2.05, 4.69) is 5.32 Å². The van der Waals surface area contributed by atoms with Crippen LogP contribution in [-0.4, -0.2) is 57.7 Å². The zero-order chi connectivity index (χ0) is 30.4. The van der Waals surface area contributed by atoms with Gasteiger partial charge >= 0.3 is 11.9 Å². The number of anilines is 2. The highest BCUT2D eigenvalue weighted by Gasteiger charge is 2.32. The molecule has 0 spiro atoms. The second kappa shape index (κ2) is 13.8. The summed E-state index contributed by atoms with van der Waals surface area (Å²) < 4.78 is 21.1. The molecular weight excluding hydrogens is 580 g/mol. The van der Waals surface area contributed by atoms with Gasteiger partial charge in [0.15, 0.2) is 11.5 Å². The van der Waals surface area contributed by atoms with Crippen molar-refractivity contribution < 1.29 is 38.1 Å². The van der Waals surface area contributed by atoms with Gasteiger partial charge in [0, 0.05) is 16.6 Å². The van der Waals surface area contributed by atoms with Gasteiger partial charge in [-0.1, -0.05) is 18.2 Å². The molecule has 0 radical (unpaired) electrons. The monoisotopic (exact) mass is 612 g/mol. The molecule has 3 aromatic rings. The lowest BCUT2D eigenvalue weighted by Gasteiger charge is -2.22. The van der Waals surface area contributed by atoms with E-state index in [1.165, 1.54) is 16.7 Å². The maximum atomic E-state index is 13.7. The number of para-hydroxylation sites is 1. The third kappa shape index (κ3) is 6.55. The zero-order valence-corrected chi connectivity index (χ0v) is 25.6. The number of nitrogens with one attached hydrogen (secondary N) is 1. The van der Waals surface area contributed by atoms with Crippen molar-refractivity contribution in [3.05, 3.63) is 64.0 Å². The summed E-state index contributed by atoms with van der Waals surface area (Å²) in [5.74, 6) is -0.898. The van der Waals surface area contributed by atoms with Gasteiger partial charge < -0.3 is 29.2 Å². The molecule has 1 aromatic heterocycles. The quantitative estimate of drug-likeness (QED) is 0.290. The fourth-order valence-electron chi connectivity index (χ4n) is 4.54. The van der Waals surface area contributed by atoms with Crippen LogP contribution in [0.25, 0.3) is 0 Å². The molecule has 1 unspecified atom stereocenters. The number of benzene rings is 2. The maximum absolute atomic E-state index is 13.7. The molecule has 2 heterocycles. The largest absolute Gasteiger partial charge is 0.493 e. The molecule has 1 N–H and O–H groups in total. The van der Waals surface area contributed by atoms with E-state index in [1.54, 1.807) is 53.2 Å². The van der Waals surface area contributed by atoms with Crippen LogP contribution in [0.1, 0.15) is 56.7 Å². The Morgan fingerprint density at radius 3 is 2.36 bits per heavy atom. The lowest BCUT2D eigenvalue weighted by atomic mass is 10.1. The lowest BCUT2D eigenvalue weighted by Crippen LogP contribution is -2.38. The van der Waals surface area contributed by atoms with Gasteiger partial charge in [-0.05, 0) is 56.2 Å². The van der Waals surface area contributed by atoms with Gasteiger partial charge in [-0.25, -0.2) is 9.59 Å². The second-order valence-corrected chi connectivity index (χ2v) is 11.4. The van der Waals surface area contributed by atoms with Crippen LogP contribution < -0.4 is 19.7 Å². The summed E-state index contributed by atoms with van der Waals surface area (Å²) in [6.07, 6.45) is 0.126. The third-order valence-electron chi connectivity index (χ3n) is 6.51. The van der Waals surface area contributed by atoms with E-state index in [9.17, 15) is 19.2 Å². The van der Waals surface area contributed by atoms with E-state index < -0.39 is 17.8 Å². The van der Waals surface area contributed by atoms with E-state index in [0.717, 1.165) is 21.8 Å². The van der Waals surface area contributed by atoms with Gasteiger partial charge in [0.05, 0.1) is 38.7 Å². The molecule has 2 aromatic carbocycles. The molecule has 42 heavy (non-hydrogen) atoms. The van der Waals surface area contributed by atoms with Crippen LogP contribution in [0.3, 0.4) is 0 Å². The predicted molar refractivity (Wildman–Crippen MR) is 161 cm³/mol. The van der Waals surface area contributed by atoms with E-state index in [-0.39, 0.29) is 52.8 Å². The van der Waals surface area contributed by atoms with E-state index in [0.29, 0.717) is 22.7 Å². The molecule has 12 heteroatoms. The summed E-state index contributed by atoms with van der Waals surface area (Å²) in [7, 11) is 3.12. The number of rotatable bonds is 10. The molecule has 0 fully saturated rings. The normalized spacial score (nSPS) is 14.5. The Kier molecular flexibility index (Phi) is 10.1. The SMILES string of the molecule is CCOC(=O)c1sc(NC(=O)CN2C(=O)CC(c3ccc(OC)c(OC)c3)Sc3ccccc32)c(C(=O)OCC)c1C. The Hall–Kier alpha value is -4.03. The molecular formula is C30H32N2O8S2. The number of hydrogen-bond acceptors (Lipinski definition) is 10. The van der Waals surface area contributed by atoms with Gasteiger partial charge in [0.1, 0.15) is 16.4 Å². The van der Waals surface area contributed by atoms with Crippen molar-refractivity contribution in [2.75, 3.05) is 44.2 Å². The summed E-state index contributed by atoms with van der Waals surface area (Å²) in [4.78, 5) is 54.8. The molecule has 2 amide bonds. The highest BCUT2D eigenvalue weighted by atomic mass is 32.2. The molecule has 0 aliphatic carbocycles. The van der Waals surface area contributed by atoms with Crippen molar-refractivity contribution in [2.24, 2.45) is 0 Å². The Morgan fingerprint density at radius 2 is 1.67 bits per heavy atom. The number of hydrogen-bond donors (Lipinski definition) is 1. The van der Waals surface area contributed by atoms with Crippen LogP contribution in [0.5, 0.6) is 11.5 Å². The highest BCUT2D eigenvalue weighted by molar-refractivity contribution is 7.99. The number of amides is 2. The summed E-state index contributed by atoms with van der Waals surface area (Å²) in [6.45, 7) is 4.92. The average Bonchev–Trinajstić information content (AvgIpc) is 3.23. The Morgan fingerprint density at radius 1 is 0.976 bits per heavy atom. The van der Waals surface area contributed by atoms with Crippen molar-refractivity contribution in [1.29, 1.82) is 0 Å². The van der Waals surface area contributed by atoms with E-state index in [1.807, 2.05) is 24.3 Å². The molecule has 0 bridgehead atoms. The topological polar surface area (TPSA) is 120 Å².